The Morgan fingerprint density at radius 2 is 2.10 bits per heavy atom. The van der Waals surface area contributed by atoms with Crippen LogP contribution in [0.3, 0.4) is 0 Å². The van der Waals surface area contributed by atoms with E-state index in [0.29, 0.717) is 12.4 Å². The second kappa shape index (κ2) is 7.68. The zero-order chi connectivity index (χ0) is 15.1. The Hall–Kier alpha value is -1.83. The minimum absolute atomic E-state index is 0.205. The van der Waals surface area contributed by atoms with Crippen molar-refractivity contribution in [3.63, 3.8) is 0 Å². The van der Waals surface area contributed by atoms with Crippen LogP contribution in [0.5, 0.6) is 5.75 Å². The van der Waals surface area contributed by atoms with Crippen molar-refractivity contribution in [2.45, 2.75) is 6.92 Å². The van der Waals surface area contributed by atoms with Crippen LogP contribution in [-0.2, 0) is 4.79 Å². The van der Waals surface area contributed by atoms with Crippen LogP contribution < -0.4 is 20.7 Å². The molecule has 20 heavy (non-hydrogen) atoms. The van der Waals surface area contributed by atoms with Crippen LogP contribution >= 0.6 is 15.9 Å². The van der Waals surface area contributed by atoms with E-state index in [4.69, 9.17) is 4.74 Å². The Labute approximate surface area is 124 Å². The van der Waals surface area contributed by atoms with Crippen molar-refractivity contribution >= 4 is 33.6 Å². The summed E-state index contributed by atoms with van der Waals surface area (Å²) >= 11 is 3.04. The fourth-order valence-electron chi connectivity index (χ4n) is 1.34. The number of amides is 3. The summed E-state index contributed by atoms with van der Waals surface area (Å²) in [5, 5.41) is 7.11. The molecule has 1 rings (SSSR count). The molecule has 6 nitrogen and oxygen atoms in total. The van der Waals surface area contributed by atoms with Gasteiger partial charge >= 0.3 is 6.03 Å². The van der Waals surface area contributed by atoms with Crippen molar-refractivity contribution in [3.05, 3.63) is 22.4 Å². The van der Waals surface area contributed by atoms with E-state index < -0.39 is 17.8 Å². The van der Waals surface area contributed by atoms with E-state index >= 15 is 0 Å². The van der Waals surface area contributed by atoms with Crippen molar-refractivity contribution in [1.29, 1.82) is 0 Å². The zero-order valence-corrected chi connectivity index (χ0v) is 12.6. The third-order valence-corrected chi connectivity index (χ3v) is 2.84. The van der Waals surface area contributed by atoms with Gasteiger partial charge in [-0.3, -0.25) is 4.79 Å². The first kappa shape index (κ1) is 16.2. The average molecular weight is 348 g/mol. The molecule has 0 aliphatic rings. The van der Waals surface area contributed by atoms with Gasteiger partial charge in [-0.05, 0) is 28.9 Å². The summed E-state index contributed by atoms with van der Waals surface area (Å²) in [6.07, 6.45) is 0. The molecule has 0 spiro atoms. The highest BCUT2D eigenvalue weighted by atomic mass is 79.9. The maximum absolute atomic E-state index is 13.5. The van der Waals surface area contributed by atoms with Crippen LogP contribution in [0.25, 0.3) is 0 Å². The third kappa shape index (κ3) is 4.69. The molecular formula is C12H15BrFN3O3. The van der Waals surface area contributed by atoms with E-state index in [1.165, 1.54) is 13.1 Å². The number of halogens is 2. The fourth-order valence-corrected chi connectivity index (χ4v) is 1.67. The van der Waals surface area contributed by atoms with Crippen LogP contribution in [0.4, 0.5) is 14.9 Å². The van der Waals surface area contributed by atoms with Gasteiger partial charge in [-0.25, -0.2) is 9.18 Å². The van der Waals surface area contributed by atoms with Gasteiger partial charge in [-0.15, -0.1) is 0 Å². The summed E-state index contributed by atoms with van der Waals surface area (Å²) < 4.78 is 19.0. The fraction of sp³-hybridized carbons (Fsp3) is 0.333. The SMILES string of the molecule is CCOc1cc(Br)c(F)cc1NC(=O)CNC(=O)NC. The van der Waals surface area contributed by atoms with Crippen molar-refractivity contribution in [3.8, 4) is 5.75 Å². The highest BCUT2D eigenvalue weighted by molar-refractivity contribution is 9.10. The normalized spacial score (nSPS) is 9.80. The average Bonchev–Trinajstić information content (AvgIpc) is 2.42. The summed E-state index contributed by atoms with van der Waals surface area (Å²) in [6.45, 7) is 1.91. The Balaban J connectivity index is 2.77. The van der Waals surface area contributed by atoms with Crippen molar-refractivity contribution in [1.82, 2.24) is 10.6 Å². The number of urea groups is 1. The second-order valence-electron chi connectivity index (χ2n) is 3.68. The number of rotatable bonds is 5. The van der Waals surface area contributed by atoms with Crippen LogP contribution in [0.15, 0.2) is 16.6 Å². The third-order valence-electron chi connectivity index (χ3n) is 2.23. The summed E-state index contributed by atoms with van der Waals surface area (Å²) in [5.41, 5.74) is 0.205. The molecule has 8 heteroatoms. The van der Waals surface area contributed by atoms with E-state index in [9.17, 15) is 14.0 Å². The molecular weight excluding hydrogens is 333 g/mol. The predicted octanol–water partition coefficient (Wildman–Crippen LogP) is 1.85. The lowest BCUT2D eigenvalue weighted by Crippen LogP contribution is -2.38. The number of carbonyl (C=O) groups excluding carboxylic acids is 2. The molecule has 3 N–H and O–H groups in total. The summed E-state index contributed by atoms with van der Waals surface area (Å²) in [4.78, 5) is 22.6. The Kier molecular flexibility index (Phi) is 6.23. The molecule has 1 aromatic rings. The number of benzene rings is 1. The van der Waals surface area contributed by atoms with Gasteiger partial charge in [0.05, 0.1) is 23.3 Å². The lowest BCUT2D eigenvalue weighted by molar-refractivity contribution is -0.115. The lowest BCUT2D eigenvalue weighted by atomic mass is 10.2. The quantitative estimate of drug-likeness (QED) is 0.760. The molecule has 0 saturated carbocycles. The van der Waals surface area contributed by atoms with Gasteiger partial charge in [0.2, 0.25) is 5.91 Å². The van der Waals surface area contributed by atoms with E-state index in [-0.39, 0.29) is 16.7 Å². The molecule has 110 valence electrons. The van der Waals surface area contributed by atoms with Crippen molar-refractivity contribution < 1.29 is 18.7 Å². The summed E-state index contributed by atoms with van der Waals surface area (Å²) in [5.74, 6) is -0.673. The highest BCUT2D eigenvalue weighted by Gasteiger charge is 2.12. The van der Waals surface area contributed by atoms with Crippen LogP contribution in [-0.4, -0.2) is 32.1 Å². The maximum Gasteiger partial charge on any atom is 0.314 e. The van der Waals surface area contributed by atoms with Gasteiger partial charge in [0.25, 0.3) is 0 Å². The van der Waals surface area contributed by atoms with E-state index in [2.05, 4.69) is 31.9 Å². The first-order valence-corrected chi connectivity index (χ1v) is 6.64. The molecule has 3 amide bonds. The second-order valence-corrected chi connectivity index (χ2v) is 4.53. The number of carbonyl (C=O) groups is 2. The van der Waals surface area contributed by atoms with Crippen molar-refractivity contribution in [2.75, 3.05) is 25.5 Å². The van der Waals surface area contributed by atoms with Gasteiger partial charge in [0.1, 0.15) is 11.6 Å². The molecule has 0 aliphatic heterocycles. The van der Waals surface area contributed by atoms with Gasteiger partial charge in [0.15, 0.2) is 0 Å². The standard InChI is InChI=1S/C12H15BrFN3O3/c1-3-20-10-4-7(13)8(14)5-9(10)17-11(18)6-16-12(19)15-2/h4-5H,3,6H2,1-2H3,(H,17,18)(H2,15,16,19). The zero-order valence-electron chi connectivity index (χ0n) is 11.0. The van der Waals surface area contributed by atoms with E-state index in [1.807, 2.05) is 0 Å². The lowest BCUT2D eigenvalue weighted by Gasteiger charge is -2.13. The summed E-state index contributed by atoms with van der Waals surface area (Å²) in [6, 6.07) is 2.10. The Morgan fingerprint density at radius 3 is 2.70 bits per heavy atom. The van der Waals surface area contributed by atoms with Crippen LogP contribution in [0.2, 0.25) is 0 Å². The molecule has 0 radical (unpaired) electrons. The summed E-state index contributed by atoms with van der Waals surface area (Å²) in [7, 11) is 1.44. The smallest absolute Gasteiger partial charge is 0.314 e. The van der Waals surface area contributed by atoms with Gasteiger partial charge in [0, 0.05) is 13.1 Å². The van der Waals surface area contributed by atoms with Crippen LogP contribution in [0, 0.1) is 5.82 Å². The minimum atomic E-state index is -0.525. The molecule has 0 fully saturated rings. The molecule has 0 heterocycles. The Bertz CT molecular complexity index is 511. The number of anilines is 1. The van der Waals surface area contributed by atoms with Crippen LogP contribution in [0.1, 0.15) is 6.92 Å². The molecule has 0 atom stereocenters. The largest absolute Gasteiger partial charge is 0.492 e. The molecule has 0 aliphatic carbocycles. The predicted molar refractivity (Wildman–Crippen MR) is 76.4 cm³/mol. The number of hydrogen-bond acceptors (Lipinski definition) is 3. The van der Waals surface area contributed by atoms with Gasteiger partial charge < -0.3 is 20.7 Å². The number of ether oxygens (including phenoxy) is 1. The van der Waals surface area contributed by atoms with Crippen molar-refractivity contribution in [2.24, 2.45) is 0 Å². The maximum atomic E-state index is 13.5. The number of nitrogens with one attached hydrogen (secondary N) is 3. The highest BCUT2D eigenvalue weighted by Crippen LogP contribution is 2.30. The molecule has 0 aromatic heterocycles. The van der Waals surface area contributed by atoms with Gasteiger partial charge in [-0.1, -0.05) is 0 Å². The minimum Gasteiger partial charge on any atom is -0.492 e. The van der Waals surface area contributed by atoms with E-state index in [1.54, 1.807) is 6.92 Å². The molecule has 0 bridgehead atoms. The first-order chi connectivity index (χ1) is 9.47. The van der Waals surface area contributed by atoms with E-state index in [0.717, 1.165) is 6.07 Å². The topological polar surface area (TPSA) is 79.5 Å². The molecule has 0 saturated heterocycles. The number of hydrogen-bond donors (Lipinski definition) is 3. The monoisotopic (exact) mass is 347 g/mol. The van der Waals surface area contributed by atoms with Gasteiger partial charge in [-0.2, -0.15) is 0 Å². The molecule has 0 unspecified atom stereocenters. The Morgan fingerprint density at radius 1 is 1.40 bits per heavy atom. The first-order valence-electron chi connectivity index (χ1n) is 5.85. The molecule has 1 aromatic carbocycles.